The Bertz CT molecular complexity index is 408. The highest BCUT2D eigenvalue weighted by Gasteiger charge is 2.18. The third-order valence-corrected chi connectivity index (χ3v) is 3.29. The maximum atomic E-state index is 13.7. The van der Waals surface area contributed by atoms with E-state index in [0.717, 1.165) is 25.7 Å². The first-order chi connectivity index (χ1) is 8.22. The fraction of sp³-hybridized carbons (Fsp3) is 0.417. The highest BCUT2D eigenvalue weighted by atomic mass is 35.5. The predicted octanol–water partition coefficient (Wildman–Crippen LogP) is 2.63. The number of nitrogens with one attached hydrogen (secondary N) is 1. The maximum absolute atomic E-state index is 13.7. The van der Waals surface area contributed by atoms with Crippen LogP contribution in [0.4, 0.5) is 4.39 Å². The van der Waals surface area contributed by atoms with Crippen LogP contribution in [-0.4, -0.2) is 11.9 Å². The first-order valence-electron chi connectivity index (χ1n) is 5.71. The molecule has 0 amide bonds. The molecule has 0 aromatic heterocycles. The molecule has 2 rings (SSSR count). The number of aliphatic imine (C=N–C) groups is 1. The van der Waals surface area contributed by atoms with Crippen LogP contribution in [0.5, 0.6) is 0 Å². The van der Waals surface area contributed by atoms with Crippen molar-refractivity contribution < 1.29 is 4.39 Å². The number of halogens is 2. The lowest BCUT2D eigenvalue weighted by Crippen LogP contribution is -2.33. The Morgan fingerprint density at radius 1 is 1.41 bits per heavy atom. The number of hydrazine groups is 1. The van der Waals surface area contributed by atoms with Crippen molar-refractivity contribution in [1.29, 1.82) is 0 Å². The lowest BCUT2D eigenvalue weighted by atomic mass is 10.2. The minimum atomic E-state index is -0.410. The van der Waals surface area contributed by atoms with Gasteiger partial charge in [0.15, 0.2) is 0 Å². The molecule has 0 saturated heterocycles. The van der Waals surface area contributed by atoms with Gasteiger partial charge in [0.2, 0.25) is 0 Å². The predicted molar refractivity (Wildman–Crippen MR) is 67.5 cm³/mol. The van der Waals surface area contributed by atoms with E-state index in [9.17, 15) is 4.39 Å². The number of rotatable bonds is 2. The van der Waals surface area contributed by atoms with Gasteiger partial charge in [-0.3, -0.25) is 4.99 Å². The molecule has 3 nitrogen and oxygen atoms in total. The Balaban J connectivity index is 2.34. The van der Waals surface area contributed by atoms with Crippen LogP contribution in [0.25, 0.3) is 0 Å². The Morgan fingerprint density at radius 2 is 2.12 bits per heavy atom. The van der Waals surface area contributed by atoms with Crippen LogP contribution in [0.3, 0.4) is 0 Å². The summed E-state index contributed by atoms with van der Waals surface area (Å²) in [5, 5.41) is 0.319. The monoisotopic (exact) mass is 255 g/mol. The van der Waals surface area contributed by atoms with Crippen molar-refractivity contribution in [2.45, 2.75) is 31.7 Å². The molecule has 0 aliphatic heterocycles. The van der Waals surface area contributed by atoms with Crippen molar-refractivity contribution in [2.75, 3.05) is 0 Å². The Morgan fingerprint density at radius 3 is 2.71 bits per heavy atom. The van der Waals surface area contributed by atoms with Gasteiger partial charge in [-0.05, 0) is 25.0 Å². The quantitative estimate of drug-likeness (QED) is 0.369. The fourth-order valence-corrected chi connectivity index (χ4v) is 2.37. The van der Waals surface area contributed by atoms with Gasteiger partial charge in [-0.15, -0.1) is 0 Å². The first-order valence-corrected chi connectivity index (χ1v) is 6.09. The van der Waals surface area contributed by atoms with Gasteiger partial charge >= 0.3 is 0 Å². The van der Waals surface area contributed by atoms with Crippen LogP contribution < -0.4 is 11.3 Å². The average molecular weight is 256 g/mol. The van der Waals surface area contributed by atoms with Gasteiger partial charge in [0, 0.05) is 0 Å². The van der Waals surface area contributed by atoms with Crippen molar-refractivity contribution in [2.24, 2.45) is 10.8 Å². The van der Waals surface area contributed by atoms with Gasteiger partial charge in [0.25, 0.3) is 0 Å². The Hall–Kier alpha value is -1.13. The fourth-order valence-electron chi connectivity index (χ4n) is 2.11. The lowest BCUT2D eigenvalue weighted by Gasteiger charge is -2.11. The van der Waals surface area contributed by atoms with E-state index in [-0.39, 0.29) is 11.6 Å². The van der Waals surface area contributed by atoms with E-state index in [1.165, 1.54) is 6.07 Å². The van der Waals surface area contributed by atoms with E-state index in [1.54, 1.807) is 12.1 Å². The second kappa shape index (κ2) is 5.47. The van der Waals surface area contributed by atoms with Crippen molar-refractivity contribution in [1.82, 2.24) is 5.43 Å². The lowest BCUT2D eigenvalue weighted by molar-refractivity contribution is 0.622. The molecule has 1 aliphatic carbocycles. The topological polar surface area (TPSA) is 50.4 Å². The molecule has 0 spiro atoms. The van der Waals surface area contributed by atoms with Gasteiger partial charge in [-0.1, -0.05) is 30.5 Å². The van der Waals surface area contributed by atoms with Gasteiger partial charge in [0.05, 0.1) is 16.6 Å². The SMILES string of the molecule is NNC(=NC1CCCC1)c1c(F)cccc1Cl. The zero-order chi connectivity index (χ0) is 12.3. The number of nitrogens with zero attached hydrogens (tertiary/aromatic N) is 1. The van der Waals surface area contributed by atoms with Gasteiger partial charge in [-0.25, -0.2) is 10.2 Å². The van der Waals surface area contributed by atoms with E-state index in [0.29, 0.717) is 10.9 Å². The molecular weight excluding hydrogens is 241 g/mol. The normalized spacial score (nSPS) is 17.5. The summed E-state index contributed by atoms with van der Waals surface area (Å²) in [4.78, 5) is 4.44. The first kappa shape index (κ1) is 12.3. The summed E-state index contributed by atoms with van der Waals surface area (Å²) >= 11 is 5.97. The smallest absolute Gasteiger partial charge is 0.147 e. The van der Waals surface area contributed by atoms with Crippen LogP contribution in [0, 0.1) is 5.82 Å². The molecular formula is C12H15ClFN3. The molecule has 17 heavy (non-hydrogen) atoms. The van der Waals surface area contributed by atoms with Crippen molar-refractivity contribution >= 4 is 17.4 Å². The van der Waals surface area contributed by atoms with Crippen molar-refractivity contribution in [3.8, 4) is 0 Å². The molecule has 0 heterocycles. The molecule has 0 radical (unpaired) electrons. The zero-order valence-corrected chi connectivity index (χ0v) is 10.2. The summed E-state index contributed by atoms with van der Waals surface area (Å²) in [6.07, 6.45) is 4.38. The third kappa shape index (κ3) is 2.76. The van der Waals surface area contributed by atoms with E-state index < -0.39 is 5.82 Å². The van der Waals surface area contributed by atoms with Crippen LogP contribution in [-0.2, 0) is 0 Å². The minimum Gasteiger partial charge on any atom is -0.308 e. The average Bonchev–Trinajstić information content (AvgIpc) is 2.80. The van der Waals surface area contributed by atoms with E-state index >= 15 is 0 Å². The summed E-state index contributed by atoms with van der Waals surface area (Å²) < 4.78 is 13.7. The number of nitrogens with two attached hydrogens (primary N) is 1. The molecule has 1 fully saturated rings. The molecule has 5 heteroatoms. The van der Waals surface area contributed by atoms with E-state index in [1.807, 2.05) is 0 Å². The number of amidine groups is 1. The zero-order valence-electron chi connectivity index (χ0n) is 9.42. The standard InChI is InChI=1S/C12H15ClFN3/c13-9-6-3-7-10(14)11(9)12(17-15)16-8-4-1-2-5-8/h3,6-8H,1-2,4-5,15H2,(H,16,17). The number of hydrogen-bond acceptors (Lipinski definition) is 2. The van der Waals surface area contributed by atoms with Gasteiger partial charge < -0.3 is 5.43 Å². The summed E-state index contributed by atoms with van der Waals surface area (Å²) in [5.41, 5.74) is 2.71. The molecule has 0 atom stereocenters. The highest BCUT2D eigenvalue weighted by molar-refractivity contribution is 6.34. The molecule has 0 bridgehead atoms. The molecule has 1 aliphatic rings. The maximum Gasteiger partial charge on any atom is 0.147 e. The Kier molecular flexibility index (Phi) is 3.97. The van der Waals surface area contributed by atoms with Crippen molar-refractivity contribution in [3.63, 3.8) is 0 Å². The van der Waals surface area contributed by atoms with Gasteiger partial charge in [0.1, 0.15) is 11.7 Å². The van der Waals surface area contributed by atoms with E-state index in [2.05, 4.69) is 10.4 Å². The number of hydrogen-bond donors (Lipinski definition) is 2. The summed E-state index contributed by atoms with van der Waals surface area (Å²) in [6.45, 7) is 0. The highest BCUT2D eigenvalue weighted by Crippen LogP contribution is 2.24. The Labute approximate surface area is 105 Å². The largest absolute Gasteiger partial charge is 0.308 e. The van der Waals surface area contributed by atoms with Crippen molar-refractivity contribution in [3.05, 3.63) is 34.6 Å². The third-order valence-electron chi connectivity index (χ3n) is 2.97. The molecule has 1 aromatic rings. The second-order valence-corrected chi connectivity index (χ2v) is 4.56. The van der Waals surface area contributed by atoms with Crippen LogP contribution in [0.2, 0.25) is 5.02 Å². The molecule has 3 N–H and O–H groups in total. The second-order valence-electron chi connectivity index (χ2n) is 4.16. The molecule has 92 valence electrons. The van der Waals surface area contributed by atoms with Gasteiger partial charge in [-0.2, -0.15) is 0 Å². The molecule has 1 saturated carbocycles. The summed E-state index contributed by atoms with van der Waals surface area (Å²) in [7, 11) is 0. The summed E-state index contributed by atoms with van der Waals surface area (Å²) in [6, 6.07) is 4.76. The molecule has 1 aromatic carbocycles. The van der Waals surface area contributed by atoms with Crippen LogP contribution >= 0.6 is 11.6 Å². The number of benzene rings is 1. The van der Waals surface area contributed by atoms with E-state index in [4.69, 9.17) is 17.4 Å². The van der Waals surface area contributed by atoms with Crippen LogP contribution in [0.1, 0.15) is 31.2 Å². The van der Waals surface area contributed by atoms with Crippen LogP contribution in [0.15, 0.2) is 23.2 Å². The molecule has 0 unspecified atom stereocenters. The summed E-state index contributed by atoms with van der Waals surface area (Å²) in [5.74, 6) is 5.34. The minimum absolute atomic E-state index is 0.219.